The second-order valence-electron chi connectivity index (χ2n) is 5.62. The van der Waals surface area contributed by atoms with Gasteiger partial charge in [-0.15, -0.1) is 0 Å². The van der Waals surface area contributed by atoms with Gasteiger partial charge in [-0.3, -0.25) is 14.9 Å². The molecular weight excluding hydrogens is 384 g/mol. The van der Waals surface area contributed by atoms with E-state index in [0.29, 0.717) is 22.2 Å². The maximum absolute atomic E-state index is 12.2. The zero-order chi connectivity index (χ0) is 19.9. The summed E-state index contributed by atoms with van der Waals surface area (Å²) in [5, 5.41) is 13.9. The quantitative estimate of drug-likeness (QED) is 0.443. The largest absolute Gasteiger partial charge is 0.484 e. The molecule has 0 aliphatic heterocycles. The predicted molar refractivity (Wildman–Crippen MR) is 105 cm³/mol. The second kappa shape index (κ2) is 8.88. The van der Waals surface area contributed by atoms with Crippen molar-refractivity contribution in [3.05, 3.63) is 87.9 Å². The Morgan fingerprint density at radius 3 is 2.46 bits per heavy atom. The highest BCUT2D eigenvalue weighted by atomic mass is 35.5. The second-order valence-corrected chi connectivity index (χ2v) is 6.03. The number of para-hydroxylation sites is 3. The lowest BCUT2D eigenvalue weighted by atomic mass is 10.3. The number of nitrogens with zero attached hydrogens (tertiary/aromatic N) is 1. The number of rotatable bonds is 7. The highest BCUT2D eigenvalue weighted by molar-refractivity contribution is 6.32. The molecule has 8 heteroatoms. The number of nitrogens with one attached hydrogen (secondary N) is 1. The minimum atomic E-state index is -0.533. The van der Waals surface area contributed by atoms with E-state index in [2.05, 4.69) is 5.32 Å². The molecule has 0 unspecified atom stereocenters. The lowest BCUT2D eigenvalue weighted by Gasteiger charge is -2.13. The molecule has 0 fully saturated rings. The normalized spacial score (nSPS) is 10.2. The molecule has 1 amide bonds. The molecule has 0 spiro atoms. The third-order valence-electron chi connectivity index (χ3n) is 3.62. The fourth-order valence-electron chi connectivity index (χ4n) is 2.33. The zero-order valence-corrected chi connectivity index (χ0v) is 15.3. The van der Waals surface area contributed by atoms with E-state index >= 15 is 0 Å². The molecule has 0 bridgehead atoms. The number of benzene rings is 3. The van der Waals surface area contributed by atoms with E-state index in [-0.39, 0.29) is 18.0 Å². The summed E-state index contributed by atoms with van der Waals surface area (Å²) >= 11 is 6.10. The minimum Gasteiger partial charge on any atom is -0.484 e. The molecule has 0 heterocycles. The molecule has 0 saturated carbocycles. The number of amides is 1. The van der Waals surface area contributed by atoms with E-state index in [4.69, 9.17) is 21.1 Å². The van der Waals surface area contributed by atoms with Crippen LogP contribution in [0.5, 0.6) is 17.2 Å². The molecule has 3 aromatic rings. The first kappa shape index (κ1) is 19.2. The van der Waals surface area contributed by atoms with E-state index in [1.54, 1.807) is 48.5 Å². The molecular formula is C20H15ClN2O5. The van der Waals surface area contributed by atoms with E-state index < -0.39 is 10.8 Å². The van der Waals surface area contributed by atoms with Crippen molar-refractivity contribution in [3.63, 3.8) is 0 Å². The minimum absolute atomic E-state index is 0.114. The van der Waals surface area contributed by atoms with Crippen molar-refractivity contribution >= 4 is 28.9 Å². The predicted octanol–water partition coefficient (Wildman–Crippen LogP) is 5.06. The van der Waals surface area contributed by atoms with Gasteiger partial charge in [0.2, 0.25) is 0 Å². The van der Waals surface area contributed by atoms with Gasteiger partial charge in [0.05, 0.1) is 21.7 Å². The van der Waals surface area contributed by atoms with Crippen LogP contribution < -0.4 is 14.8 Å². The lowest BCUT2D eigenvalue weighted by molar-refractivity contribution is -0.384. The summed E-state index contributed by atoms with van der Waals surface area (Å²) in [6, 6.07) is 19.5. The number of halogens is 1. The standard InChI is InChI=1S/C20H15ClN2O5/c21-16-8-1-3-10-18(16)28-19-11-4-2-9-17(19)22-20(24)13-27-15-7-5-6-14(12-15)23(25)26/h1-12H,13H2,(H,22,24). The molecule has 7 nitrogen and oxygen atoms in total. The number of non-ortho nitro benzene ring substituents is 1. The van der Waals surface area contributed by atoms with Crippen LogP contribution in [0.3, 0.4) is 0 Å². The zero-order valence-electron chi connectivity index (χ0n) is 14.5. The van der Waals surface area contributed by atoms with Crippen LogP contribution in [-0.4, -0.2) is 17.4 Å². The van der Waals surface area contributed by atoms with Crippen LogP contribution in [0.15, 0.2) is 72.8 Å². The SMILES string of the molecule is O=C(COc1cccc([N+](=O)[O-])c1)Nc1ccccc1Oc1ccccc1Cl. The van der Waals surface area contributed by atoms with Crippen molar-refractivity contribution < 1.29 is 19.2 Å². The number of nitro benzene ring substituents is 1. The molecule has 0 atom stereocenters. The maximum atomic E-state index is 12.2. The third-order valence-corrected chi connectivity index (χ3v) is 3.93. The number of anilines is 1. The molecule has 0 aromatic heterocycles. The summed E-state index contributed by atoms with van der Waals surface area (Å²) in [5.74, 6) is 0.657. The molecule has 0 aliphatic rings. The Hall–Kier alpha value is -3.58. The molecule has 28 heavy (non-hydrogen) atoms. The summed E-state index contributed by atoms with van der Waals surface area (Å²) < 4.78 is 11.1. The van der Waals surface area contributed by atoms with Crippen molar-refractivity contribution in [1.82, 2.24) is 0 Å². The average molecular weight is 399 g/mol. The van der Waals surface area contributed by atoms with Gasteiger partial charge in [-0.25, -0.2) is 0 Å². The lowest BCUT2D eigenvalue weighted by Crippen LogP contribution is -2.20. The first-order valence-electron chi connectivity index (χ1n) is 8.21. The number of nitro groups is 1. The van der Waals surface area contributed by atoms with Crippen molar-refractivity contribution in [2.75, 3.05) is 11.9 Å². The highest BCUT2D eigenvalue weighted by Crippen LogP contribution is 2.33. The fourth-order valence-corrected chi connectivity index (χ4v) is 2.50. The summed E-state index contributed by atoms with van der Waals surface area (Å²) in [5.41, 5.74) is 0.325. The van der Waals surface area contributed by atoms with Crippen LogP contribution in [0.1, 0.15) is 0 Å². The van der Waals surface area contributed by atoms with Crippen molar-refractivity contribution in [3.8, 4) is 17.2 Å². The number of carbonyl (C=O) groups is 1. The maximum Gasteiger partial charge on any atom is 0.273 e. The average Bonchev–Trinajstić information content (AvgIpc) is 2.70. The molecule has 0 aliphatic carbocycles. The smallest absolute Gasteiger partial charge is 0.273 e. The van der Waals surface area contributed by atoms with Gasteiger partial charge in [0.15, 0.2) is 12.4 Å². The Labute approximate surface area is 165 Å². The highest BCUT2D eigenvalue weighted by Gasteiger charge is 2.12. The van der Waals surface area contributed by atoms with Crippen molar-refractivity contribution in [2.24, 2.45) is 0 Å². The monoisotopic (exact) mass is 398 g/mol. The molecule has 0 saturated heterocycles. The Morgan fingerprint density at radius 2 is 1.71 bits per heavy atom. The summed E-state index contributed by atoms with van der Waals surface area (Å²) in [7, 11) is 0. The number of ether oxygens (including phenoxy) is 2. The van der Waals surface area contributed by atoms with Gasteiger partial charge >= 0.3 is 0 Å². The fraction of sp³-hybridized carbons (Fsp3) is 0.0500. The van der Waals surface area contributed by atoms with Gasteiger partial charge in [0.25, 0.3) is 11.6 Å². The number of hydrogen-bond donors (Lipinski definition) is 1. The van der Waals surface area contributed by atoms with Crippen LogP contribution in [-0.2, 0) is 4.79 Å². The molecule has 0 radical (unpaired) electrons. The summed E-state index contributed by atoms with van der Waals surface area (Å²) in [4.78, 5) is 22.5. The first-order chi connectivity index (χ1) is 13.5. The van der Waals surface area contributed by atoms with Crippen LogP contribution in [0, 0.1) is 10.1 Å². The van der Waals surface area contributed by atoms with Gasteiger partial charge in [-0.05, 0) is 30.3 Å². The van der Waals surface area contributed by atoms with E-state index in [9.17, 15) is 14.9 Å². The van der Waals surface area contributed by atoms with Crippen LogP contribution >= 0.6 is 11.6 Å². The van der Waals surface area contributed by atoms with Crippen LogP contribution in [0.2, 0.25) is 5.02 Å². The van der Waals surface area contributed by atoms with E-state index in [1.807, 2.05) is 0 Å². The molecule has 142 valence electrons. The molecule has 3 aromatic carbocycles. The Balaban J connectivity index is 1.65. The first-order valence-corrected chi connectivity index (χ1v) is 8.59. The van der Waals surface area contributed by atoms with E-state index in [0.717, 1.165) is 0 Å². The van der Waals surface area contributed by atoms with Crippen molar-refractivity contribution in [1.29, 1.82) is 0 Å². The summed E-state index contributed by atoms with van der Waals surface area (Å²) in [6.45, 7) is -0.318. The Bertz CT molecular complexity index is 1010. The van der Waals surface area contributed by atoms with Crippen LogP contribution in [0.25, 0.3) is 0 Å². The van der Waals surface area contributed by atoms with Crippen molar-refractivity contribution in [2.45, 2.75) is 0 Å². The van der Waals surface area contributed by atoms with Crippen LogP contribution in [0.4, 0.5) is 11.4 Å². The molecule has 1 N–H and O–H groups in total. The third kappa shape index (κ3) is 4.99. The molecule has 3 rings (SSSR count). The Kier molecular flexibility index (Phi) is 6.08. The Morgan fingerprint density at radius 1 is 1.00 bits per heavy atom. The van der Waals surface area contributed by atoms with Gasteiger partial charge in [0.1, 0.15) is 11.5 Å². The van der Waals surface area contributed by atoms with Gasteiger partial charge < -0.3 is 14.8 Å². The van der Waals surface area contributed by atoms with Gasteiger partial charge in [0, 0.05) is 6.07 Å². The number of hydrogen-bond acceptors (Lipinski definition) is 5. The summed E-state index contributed by atoms with van der Waals surface area (Å²) in [6.07, 6.45) is 0. The number of carbonyl (C=O) groups excluding carboxylic acids is 1. The van der Waals surface area contributed by atoms with E-state index in [1.165, 1.54) is 24.3 Å². The van der Waals surface area contributed by atoms with Gasteiger partial charge in [-0.1, -0.05) is 41.9 Å². The topological polar surface area (TPSA) is 90.7 Å². The van der Waals surface area contributed by atoms with Gasteiger partial charge in [-0.2, -0.15) is 0 Å².